The summed E-state index contributed by atoms with van der Waals surface area (Å²) in [5.74, 6) is 0.174. The number of nitrogens with zero attached hydrogens (tertiary/aromatic N) is 4. The van der Waals surface area contributed by atoms with Crippen LogP contribution in [0.4, 0.5) is 4.79 Å². The largest absolute Gasteiger partial charge is 0.440 e. The van der Waals surface area contributed by atoms with E-state index >= 15 is 0 Å². The van der Waals surface area contributed by atoms with E-state index in [9.17, 15) is 9.59 Å². The number of benzene rings is 1. The van der Waals surface area contributed by atoms with E-state index in [0.29, 0.717) is 12.6 Å². The fourth-order valence-corrected chi connectivity index (χ4v) is 6.96. The van der Waals surface area contributed by atoms with E-state index in [1.807, 2.05) is 54.0 Å². The Kier molecular flexibility index (Phi) is 8.12. The van der Waals surface area contributed by atoms with E-state index in [1.54, 1.807) is 0 Å². The van der Waals surface area contributed by atoms with Crippen molar-refractivity contribution >= 4 is 12.0 Å². The Balaban J connectivity index is 1.18. The Morgan fingerprint density at radius 3 is 2.26 bits per heavy atom. The van der Waals surface area contributed by atoms with Crippen LogP contribution in [0.3, 0.4) is 0 Å². The Morgan fingerprint density at radius 2 is 1.63 bits per heavy atom. The number of aryl methyl sites for hydroxylation is 2. The smallest absolute Gasteiger partial charge is 0.410 e. The molecule has 4 heterocycles. The highest BCUT2D eigenvalue weighted by molar-refractivity contribution is 5.97. The lowest BCUT2D eigenvalue weighted by Crippen LogP contribution is -2.56. The number of hydrogen-bond acceptors (Lipinski definition) is 4. The molecule has 0 saturated carbocycles. The third kappa shape index (κ3) is 5.35. The number of carbonyl (C=O) groups is 2. The molecular formula is C31H44N4O3. The van der Waals surface area contributed by atoms with Crippen LogP contribution in [-0.2, 0) is 11.3 Å². The second kappa shape index (κ2) is 11.5. The van der Waals surface area contributed by atoms with Gasteiger partial charge in [-0.15, -0.1) is 0 Å². The third-order valence-electron chi connectivity index (χ3n) is 9.21. The van der Waals surface area contributed by atoms with Gasteiger partial charge in [0.15, 0.2) is 0 Å². The van der Waals surface area contributed by atoms with Gasteiger partial charge < -0.3 is 14.2 Å². The maximum atomic E-state index is 13.3. The lowest BCUT2D eigenvalue weighted by Gasteiger charge is -2.46. The summed E-state index contributed by atoms with van der Waals surface area (Å²) < 4.78 is 8.37. The normalized spacial score (nSPS) is 22.3. The van der Waals surface area contributed by atoms with E-state index in [1.165, 1.54) is 0 Å². The molecular weight excluding hydrogens is 476 g/mol. The molecule has 1 aromatic heterocycles. The molecule has 1 unspecified atom stereocenters. The molecule has 7 heteroatoms. The molecule has 3 fully saturated rings. The molecule has 3 aliphatic rings. The highest BCUT2D eigenvalue weighted by Crippen LogP contribution is 2.41. The molecule has 0 N–H and O–H groups in total. The Labute approximate surface area is 227 Å². The third-order valence-corrected chi connectivity index (χ3v) is 9.21. The lowest BCUT2D eigenvalue weighted by molar-refractivity contribution is -0.0382. The molecule has 0 bridgehead atoms. The van der Waals surface area contributed by atoms with Gasteiger partial charge in [-0.2, -0.15) is 0 Å². The zero-order valence-corrected chi connectivity index (χ0v) is 23.4. The van der Waals surface area contributed by atoms with Crippen LogP contribution < -0.4 is 0 Å². The molecule has 2 aromatic rings. The van der Waals surface area contributed by atoms with Gasteiger partial charge in [0.25, 0.3) is 5.91 Å². The van der Waals surface area contributed by atoms with E-state index < -0.39 is 0 Å². The number of piperidine rings is 2. The molecule has 1 aromatic carbocycles. The van der Waals surface area contributed by atoms with Crippen LogP contribution in [-0.4, -0.2) is 81.7 Å². The van der Waals surface area contributed by atoms with Crippen molar-refractivity contribution in [1.82, 2.24) is 19.3 Å². The molecule has 206 valence electrons. The summed E-state index contributed by atoms with van der Waals surface area (Å²) in [4.78, 5) is 33.0. The van der Waals surface area contributed by atoms with Crippen LogP contribution >= 0.6 is 0 Å². The first-order valence-electron chi connectivity index (χ1n) is 14.6. The summed E-state index contributed by atoms with van der Waals surface area (Å²) in [6, 6.07) is 10.8. The van der Waals surface area contributed by atoms with Crippen molar-refractivity contribution in [1.29, 1.82) is 0 Å². The van der Waals surface area contributed by atoms with Gasteiger partial charge in [-0.05, 0) is 56.4 Å². The van der Waals surface area contributed by atoms with E-state index in [2.05, 4.69) is 28.8 Å². The van der Waals surface area contributed by atoms with Gasteiger partial charge in [-0.25, -0.2) is 4.79 Å². The summed E-state index contributed by atoms with van der Waals surface area (Å²) in [5, 5.41) is 0. The van der Waals surface area contributed by atoms with Crippen molar-refractivity contribution in [3.8, 4) is 0 Å². The average Bonchev–Trinajstić information content (AvgIpc) is 3.52. The number of amides is 2. The summed E-state index contributed by atoms with van der Waals surface area (Å²) in [6.07, 6.45) is 11.0. The van der Waals surface area contributed by atoms with Crippen molar-refractivity contribution in [3.63, 3.8) is 0 Å². The summed E-state index contributed by atoms with van der Waals surface area (Å²) in [7, 11) is 0. The van der Waals surface area contributed by atoms with Crippen molar-refractivity contribution in [2.75, 3.05) is 32.7 Å². The van der Waals surface area contributed by atoms with Crippen molar-refractivity contribution in [2.45, 2.75) is 89.9 Å². The van der Waals surface area contributed by atoms with Crippen LogP contribution in [0.15, 0.2) is 42.7 Å². The summed E-state index contributed by atoms with van der Waals surface area (Å²) in [6.45, 7) is 11.3. The lowest BCUT2D eigenvalue weighted by atomic mass is 9.81. The number of hydrogen-bond donors (Lipinski definition) is 0. The first-order chi connectivity index (χ1) is 18.4. The second-order valence-electron chi connectivity index (χ2n) is 11.5. The zero-order valence-electron chi connectivity index (χ0n) is 23.4. The molecule has 3 aliphatic heterocycles. The van der Waals surface area contributed by atoms with Crippen LogP contribution in [0.5, 0.6) is 0 Å². The van der Waals surface area contributed by atoms with Crippen LogP contribution in [0, 0.1) is 13.8 Å². The maximum absolute atomic E-state index is 13.3. The number of ether oxygens (including phenoxy) is 1. The van der Waals surface area contributed by atoms with Gasteiger partial charge in [-0.3, -0.25) is 14.6 Å². The summed E-state index contributed by atoms with van der Waals surface area (Å²) in [5.41, 5.74) is 2.63. The zero-order chi connectivity index (χ0) is 26.7. The number of rotatable bonds is 8. The number of aromatic nitrogens is 1. The number of likely N-dealkylation sites (tertiary alicyclic amines) is 2. The van der Waals surface area contributed by atoms with E-state index in [-0.39, 0.29) is 23.6 Å². The minimum absolute atomic E-state index is 0.134. The van der Waals surface area contributed by atoms with Crippen LogP contribution in [0.2, 0.25) is 0 Å². The van der Waals surface area contributed by atoms with Crippen molar-refractivity contribution in [2.24, 2.45) is 0 Å². The molecule has 38 heavy (non-hydrogen) atoms. The SMILES string of the molecule is CCCCC1N(CCn2cccc2)C(=O)OC12CCN(C1CCN(C(=O)c3c(C)cccc3C)CC1)CC2. The Bertz CT molecular complexity index is 1080. The first-order valence-corrected chi connectivity index (χ1v) is 14.6. The molecule has 5 rings (SSSR count). The Morgan fingerprint density at radius 1 is 0.974 bits per heavy atom. The highest BCUT2D eigenvalue weighted by atomic mass is 16.6. The van der Waals surface area contributed by atoms with Gasteiger partial charge in [-0.1, -0.05) is 38.0 Å². The predicted molar refractivity (Wildman–Crippen MR) is 149 cm³/mol. The Hall–Kier alpha value is -2.80. The molecule has 0 radical (unpaired) electrons. The van der Waals surface area contributed by atoms with Crippen LogP contribution in [0.1, 0.15) is 73.4 Å². The minimum atomic E-state index is -0.363. The first kappa shape index (κ1) is 26.8. The summed E-state index contributed by atoms with van der Waals surface area (Å²) >= 11 is 0. The maximum Gasteiger partial charge on any atom is 0.410 e. The second-order valence-corrected chi connectivity index (χ2v) is 11.5. The number of unbranched alkanes of at least 4 members (excludes halogenated alkanes) is 1. The average molecular weight is 521 g/mol. The topological polar surface area (TPSA) is 58.0 Å². The van der Waals surface area contributed by atoms with Gasteiger partial charge in [0, 0.05) is 76.1 Å². The highest BCUT2D eigenvalue weighted by Gasteiger charge is 2.54. The van der Waals surface area contributed by atoms with Gasteiger partial charge in [0.2, 0.25) is 0 Å². The van der Waals surface area contributed by atoms with Gasteiger partial charge >= 0.3 is 6.09 Å². The quantitative estimate of drug-likeness (QED) is 0.477. The van der Waals surface area contributed by atoms with Gasteiger partial charge in [0.1, 0.15) is 5.60 Å². The molecule has 1 spiro atoms. The molecule has 7 nitrogen and oxygen atoms in total. The predicted octanol–water partition coefficient (Wildman–Crippen LogP) is 5.26. The fourth-order valence-electron chi connectivity index (χ4n) is 6.96. The minimum Gasteiger partial charge on any atom is -0.440 e. The standard InChI is InChI=1S/C31H44N4O3/c1-4-5-11-27-31(38-30(37)35(27)23-22-32-16-6-7-17-32)14-20-33(21-15-31)26-12-18-34(19-13-26)29(36)28-24(2)9-8-10-25(28)3/h6-10,16-17,26-27H,4-5,11-15,18-23H2,1-3H3. The molecule has 3 saturated heterocycles. The fraction of sp³-hybridized carbons (Fsp3) is 0.613. The van der Waals surface area contributed by atoms with Crippen molar-refractivity contribution in [3.05, 3.63) is 59.4 Å². The number of carbonyl (C=O) groups excluding carboxylic acids is 2. The van der Waals surface area contributed by atoms with E-state index in [0.717, 1.165) is 94.4 Å². The van der Waals surface area contributed by atoms with Crippen LogP contribution in [0.25, 0.3) is 0 Å². The molecule has 2 amide bonds. The monoisotopic (exact) mass is 520 g/mol. The van der Waals surface area contributed by atoms with Gasteiger partial charge in [0.05, 0.1) is 6.04 Å². The molecule has 1 atom stereocenters. The van der Waals surface area contributed by atoms with E-state index in [4.69, 9.17) is 4.74 Å². The molecule has 0 aliphatic carbocycles. The van der Waals surface area contributed by atoms with Crippen molar-refractivity contribution < 1.29 is 14.3 Å².